The van der Waals surface area contributed by atoms with Crippen molar-refractivity contribution in [2.75, 3.05) is 0 Å². The maximum absolute atomic E-state index is 2.52. The van der Waals surface area contributed by atoms with Crippen LogP contribution in [0.2, 0.25) is 0 Å². The van der Waals surface area contributed by atoms with Gasteiger partial charge in [-0.25, -0.2) is 0 Å². The molecular weight excluding hydrogens is 242 g/mol. The minimum Gasteiger partial charge on any atom is -0.345 e. The van der Waals surface area contributed by atoms with Crippen LogP contribution in [0.1, 0.15) is 63.8 Å². The molecule has 0 spiro atoms. The summed E-state index contributed by atoms with van der Waals surface area (Å²) in [6, 6.07) is 6.95. The number of fused-ring (bicyclic) bond motifs is 1. The number of aryl methyl sites for hydroxylation is 2. The third-order valence-corrected chi connectivity index (χ3v) is 4.97. The van der Waals surface area contributed by atoms with Crippen LogP contribution in [0, 0.1) is 12.8 Å². The summed E-state index contributed by atoms with van der Waals surface area (Å²) < 4.78 is 2.52. The largest absolute Gasteiger partial charge is 0.345 e. The highest BCUT2D eigenvalue weighted by Crippen LogP contribution is 2.37. The van der Waals surface area contributed by atoms with Gasteiger partial charge in [0.15, 0.2) is 0 Å². The van der Waals surface area contributed by atoms with Gasteiger partial charge in [-0.15, -0.1) is 0 Å². The second kappa shape index (κ2) is 6.03. The summed E-state index contributed by atoms with van der Waals surface area (Å²) in [6.45, 7) is 14.9. The van der Waals surface area contributed by atoms with Crippen LogP contribution in [-0.4, -0.2) is 4.57 Å². The fourth-order valence-corrected chi connectivity index (χ4v) is 3.43. The third kappa shape index (κ3) is 2.39. The molecule has 0 bridgehead atoms. The highest BCUT2D eigenvalue weighted by molar-refractivity contribution is 5.87. The summed E-state index contributed by atoms with van der Waals surface area (Å²) in [5.41, 5.74) is 5.92. The molecule has 1 aromatic heterocycles. The van der Waals surface area contributed by atoms with E-state index in [9.17, 15) is 0 Å². The molecule has 2 rings (SSSR count). The molecule has 0 aliphatic carbocycles. The Kier molecular flexibility index (Phi) is 4.57. The first-order valence-electron chi connectivity index (χ1n) is 8.16. The van der Waals surface area contributed by atoms with Crippen molar-refractivity contribution in [1.29, 1.82) is 0 Å². The van der Waals surface area contributed by atoms with Gasteiger partial charge in [0.05, 0.1) is 0 Å². The van der Waals surface area contributed by atoms with E-state index in [0.717, 1.165) is 18.9 Å². The molecule has 0 aliphatic rings. The second-order valence-electron chi connectivity index (χ2n) is 6.15. The normalized spacial score (nSPS) is 14.7. The monoisotopic (exact) mass is 271 g/mol. The lowest BCUT2D eigenvalue weighted by molar-refractivity contribution is 0.471. The number of hydrogen-bond donors (Lipinski definition) is 0. The number of rotatable bonds is 5. The van der Waals surface area contributed by atoms with E-state index in [-0.39, 0.29) is 0 Å². The highest BCUT2D eigenvalue weighted by Gasteiger charge is 2.22. The van der Waals surface area contributed by atoms with E-state index in [1.54, 1.807) is 11.3 Å². The van der Waals surface area contributed by atoms with E-state index >= 15 is 0 Å². The third-order valence-electron chi connectivity index (χ3n) is 4.97. The first-order valence-corrected chi connectivity index (χ1v) is 8.16. The first-order chi connectivity index (χ1) is 9.54. The molecule has 1 heterocycles. The second-order valence-corrected chi connectivity index (χ2v) is 6.15. The molecular formula is C19H29N. The molecule has 2 aromatic rings. The predicted octanol–water partition coefficient (Wildman–Crippen LogP) is 5.68. The molecule has 20 heavy (non-hydrogen) atoms. The van der Waals surface area contributed by atoms with Crippen LogP contribution < -0.4 is 0 Å². The molecule has 1 nitrogen and oxygen atoms in total. The van der Waals surface area contributed by atoms with E-state index in [2.05, 4.69) is 64.3 Å². The quantitative estimate of drug-likeness (QED) is 0.659. The van der Waals surface area contributed by atoms with Gasteiger partial charge >= 0.3 is 0 Å². The molecule has 0 amide bonds. The van der Waals surface area contributed by atoms with Gasteiger partial charge in [-0.1, -0.05) is 46.2 Å². The van der Waals surface area contributed by atoms with Crippen molar-refractivity contribution >= 4 is 10.9 Å². The molecule has 0 radical (unpaired) electrons. The summed E-state index contributed by atoms with van der Waals surface area (Å²) in [4.78, 5) is 0. The molecule has 0 N–H and O–H groups in total. The zero-order valence-electron chi connectivity index (χ0n) is 14.0. The Balaban J connectivity index is 2.74. The van der Waals surface area contributed by atoms with Crippen LogP contribution in [0.25, 0.3) is 10.9 Å². The number of nitrogens with zero attached hydrogens (tertiary/aromatic N) is 1. The maximum atomic E-state index is 2.52. The molecule has 1 heteroatoms. The molecule has 0 aliphatic heterocycles. The van der Waals surface area contributed by atoms with Gasteiger partial charge in [-0.05, 0) is 49.3 Å². The molecule has 2 atom stereocenters. The standard InChI is InChI=1S/C19H29N/c1-7-14(5)15(6)19-16-11-10-13(4)12-18(16)20(9-3)17(19)8-2/h10-12,14-15H,7-9H2,1-6H3/t14?,15-/m0/s1. The minimum atomic E-state index is 0.632. The van der Waals surface area contributed by atoms with Crippen LogP contribution in [0.3, 0.4) is 0 Å². The molecule has 1 aromatic carbocycles. The van der Waals surface area contributed by atoms with Crippen LogP contribution in [0.15, 0.2) is 18.2 Å². The summed E-state index contributed by atoms with van der Waals surface area (Å²) in [7, 11) is 0. The van der Waals surface area contributed by atoms with E-state index < -0.39 is 0 Å². The van der Waals surface area contributed by atoms with Crippen molar-refractivity contribution < 1.29 is 0 Å². The fourth-order valence-electron chi connectivity index (χ4n) is 3.43. The maximum Gasteiger partial charge on any atom is 0.0488 e. The van der Waals surface area contributed by atoms with E-state index in [1.165, 1.54) is 22.9 Å². The number of aromatic nitrogens is 1. The summed E-state index contributed by atoms with van der Waals surface area (Å²) in [6.07, 6.45) is 2.37. The van der Waals surface area contributed by atoms with Crippen molar-refractivity contribution in [1.82, 2.24) is 4.57 Å². The average Bonchev–Trinajstić information content (AvgIpc) is 2.77. The van der Waals surface area contributed by atoms with Crippen molar-refractivity contribution in [3.05, 3.63) is 35.0 Å². The van der Waals surface area contributed by atoms with Gasteiger partial charge in [-0.2, -0.15) is 0 Å². The van der Waals surface area contributed by atoms with Crippen LogP contribution in [0.5, 0.6) is 0 Å². The van der Waals surface area contributed by atoms with Gasteiger partial charge in [0.1, 0.15) is 0 Å². The zero-order chi connectivity index (χ0) is 14.9. The topological polar surface area (TPSA) is 4.93 Å². The van der Waals surface area contributed by atoms with Gasteiger partial charge in [0, 0.05) is 23.1 Å². The lowest BCUT2D eigenvalue weighted by Crippen LogP contribution is -2.09. The first kappa shape index (κ1) is 15.2. The van der Waals surface area contributed by atoms with Gasteiger partial charge < -0.3 is 4.57 Å². The minimum absolute atomic E-state index is 0.632. The molecule has 1 unspecified atom stereocenters. The smallest absolute Gasteiger partial charge is 0.0488 e. The Labute approximate surface area is 124 Å². The molecule has 0 saturated heterocycles. The van der Waals surface area contributed by atoms with Gasteiger partial charge in [0.2, 0.25) is 0 Å². The van der Waals surface area contributed by atoms with E-state index in [0.29, 0.717) is 5.92 Å². The summed E-state index contributed by atoms with van der Waals surface area (Å²) >= 11 is 0. The molecule has 0 saturated carbocycles. The van der Waals surface area contributed by atoms with Crippen molar-refractivity contribution in [2.24, 2.45) is 5.92 Å². The molecule has 110 valence electrons. The Morgan fingerprint density at radius 2 is 1.80 bits per heavy atom. The van der Waals surface area contributed by atoms with Crippen molar-refractivity contribution in [2.45, 2.75) is 66.8 Å². The Bertz CT molecular complexity index is 591. The summed E-state index contributed by atoms with van der Waals surface area (Å²) in [5.74, 6) is 1.37. The highest BCUT2D eigenvalue weighted by atomic mass is 15.0. The van der Waals surface area contributed by atoms with Crippen molar-refractivity contribution in [3.63, 3.8) is 0 Å². The zero-order valence-corrected chi connectivity index (χ0v) is 14.0. The van der Waals surface area contributed by atoms with Gasteiger partial charge in [-0.3, -0.25) is 0 Å². The van der Waals surface area contributed by atoms with E-state index in [4.69, 9.17) is 0 Å². The van der Waals surface area contributed by atoms with E-state index in [1.807, 2.05) is 0 Å². The Hall–Kier alpha value is -1.24. The predicted molar refractivity (Wildman–Crippen MR) is 89.6 cm³/mol. The van der Waals surface area contributed by atoms with Crippen LogP contribution >= 0.6 is 0 Å². The molecule has 0 fully saturated rings. The number of hydrogen-bond acceptors (Lipinski definition) is 0. The lowest BCUT2D eigenvalue weighted by Gasteiger charge is -2.20. The lowest BCUT2D eigenvalue weighted by atomic mass is 9.85. The van der Waals surface area contributed by atoms with Crippen LogP contribution in [-0.2, 0) is 13.0 Å². The van der Waals surface area contributed by atoms with Gasteiger partial charge in [0.25, 0.3) is 0 Å². The SMILES string of the molecule is CCc1c([C@@H](C)C(C)CC)c2ccc(C)cc2n1CC. The van der Waals surface area contributed by atoms with Crippen molar-refractivity contribution in [3.8, 4) is 0 Å². The Morgan fingerprint density at radius 3 is 2.35 bits per heavy atom. The summed E-state index contributed by atoms with van der Waals surface area (Å²) in [5, 5.41) is 1.47. The average molecular weight is 271 g/mol. The van der Waals surface area contributed by atoms with Crippen LogP contribution in [0.4, 0.5) is 0 Å². The Morgan fingerprint density at radius 1 is 1.10 bits per heavy atom. The number of benzene rings is 1. The fraction of sp³-hybridized carbons (Fsp3) is 0.579.